The van der Waals surface area contributed by atoms with Crippen LogP contribution in [0.5, 0.6) is 5.75 Å². The lowest BCUT2D eigenvalue weighted by molar-refractivity contribution is 0.0993. The second-order valence-electron chi connectivity index (χ2n) is 3.73. The smallest absolute Gasteiger partial charge is 0.176 e. The zero-order chi connectivity index (χ0) is 12.0. The summed E-state index contributed by atoms with van der Waals surface area (Å²) in [5.41, 5.74) is 1.61. The number of hydrogen-bond donors (Lipinski definition) is 1. The first kappa shape index (κ1) is 12.5. The van der Waals surface area contributed by atoms with Gasteiger partial charge in [-0.05, 0) is 31.7 Å². The van der Waals surface area contributed by atoms with Crippen LogP contribution in [-0.4, -0.2) is 26.0 Å². The maximum atomic E-state index is 11.6. The first-order chi connectivity index (χ1) is 7.63. The van der Waals surface area contributed by atoms with E-state index < -0.39 is 0 Å². The van der Waals surface area contributed by atoms with Crippen LogP contribution < -0.4 is 10.1 Å². The highest BCUT2D eigenvalue weighted by Gasteiger charge is 2.05. The van der Waals surface area contributed by atoms with Gasteiger partial charge in [0, 0.05) is 5.56 Å². The molecular formula is C13H17NO2. The van der Waals surface area contributed by atoms with Gasteiger partial charge in [-0.3, -0.25) is 4.79 Å². The summed E-state index contributed by atoms with van der Waals surface area (Å²) in [5, 5.41) is 2.83. The van der Waals surface area contributed by atoms with Gasteiger partial charge in [-0.15, -0.1) is 0 Å². The van der Waals surface area contributed by atoms with Gasteiger partial charge in [-0.2, -0.15) is 0 Å². The summed E-state index contributed by atoms with van der Waals surface area (Å²) in [6.07, 6.45) is 0. The summed E-state index contributed by atoms with van der Waals surface area (Å²) in [6.45, 7) is 6.47. The van der Waals surface area contributed by atoms with E-state index in [1.165, 1.54) is 0 Å². The average molecular weight is 219 g/mol. The van der Waals surface area contributed by atoms with Crippen molar-refractivity contribution in [3.05, 3.63) is 42.0 Å². The van der Waals surface area contributed by atoms with Crippen LogP contribution in [-0.2, 0) is 0 Å². The molecule has 1 rings (SSSR count). The SMILES string of the molecule is C=C(C)COc1cccc(C(=O)CNC)c1. The van der Waals surface area contributed by atoms with Gasteiger partial charge < -0.3 is 10.1 Å². The average Bonchev–Trinajstić information content (AvgIpc) is 2.27. The van der Waals surface area contributed by atoms with Crippen LogP contribution in [0.25, 0.3) is 0 Å². The molecule has 0 aliphatic rings. The molecule has 3 heteroatoms. The summed E-state index contributed by atoms with van der Waals surface area (Å²) < 4.78 is 5.46. The number of ether oxygens (including phenoxy) is 1. The number of Topliss-reactive ketones (excluding diaryl/α,β-unsaturated/α-hetero) is 1. The third kappa shape index (κ3) is 3.87. The summed E-state index contributed by atoms with van der Waals surface area (Å²) >= 11 is 0. The van der Waals surface area contributed by atoms with Gasteiger partial charge in [0.2, 0.25) is 0 Å². The Morgan fingerprint density at radius 3 is 2.88 bits per heavy atom. The minimum atomic E-state index is 0.0586. The molecule has 86 valence electrons. The molecule has 1 aromatic carbocycles. The molecule has 16 heavy (non-hydrogen) atoms. The van der Waals surface area contributed by atoms with Crippen molar-refractivity contribution in [3.63, 3.8) is 0 Å². The van der Waals surface area contributed by atoms with Crippen molar-refractivity contribution in [2.24, 2.45) is 0 Å². The molecule has 0 radical (unpaired) electrons. The fraction of sp³-hybridized carbons (Fsp3) is 0.308. The standard InChI is InChI=1S/C13H17NO2/c1-10(2)9-16-12-6-4-5-11(7-12)13(15)8-14-3/h4-7,14H,1,8-9H2,2-3H3. The molecular weight excluding hydrogens is 202 g/mol. The Morgan fingerprint density at radius 2 is 2.25 bits per heavy atom. The molecule has 0 bridgehead atoms. The third-order valence-corrected chi connectivity index (χ3v) is 1.98. The van der Waals surface area contributed by atoms with E-state index >= 15 is 0 Å². The minimum Gasteiger partial charge on any atom is -0.489 e. The Kier molecular flexibility index (Phi) is 4.73. The van der Waals surface area contributed by atoms with Crippen LogP contribution in [0.1, 0.15) is 17.3 Å². The number of hydrogen-bond acceptors (Lipinski definition) is 3. The van der Waals surface area contributed by atoms with Crippen molar-refractivity contribution in [2.75, 3.05) is 20.2 Å². The normalized spacial score (nSPS) is 9.88. The molecule has 0 amide bonds. The summed E-state index contributed by atoms with van der Waals surface area (Å²) in [5.74, 6) is 0.758. The van der Waals surface area contributed by atoms with Gasteiger partial charge >= 0.3 is 0 Å². The van der Waals surface area contributed by atoms with E-state index in [0.717, 1.165) is 5.57 Å². The van der Waals surface area contributed by atoms with E-state index in [0.29, 0.717) is 24.5 Å². The first-order valence-electron chi connectivity index (χ1n) is 5.18. The lowest BCUT2D eigenvalue weighted by Crippen LogP contribution is -2.18. The Balaban J connectivity index is 2.70. The van der Waals surface area contributed by atoms with Crippen molar-refractivity contribution in [1.82, 2.24) is 5.32 Å². The fourth-order valence-corrected chi connectivity index (χ4v) is 1.23. The van der Waals surface area contributed by atoms with E-state index in [2.05, 4.69) is 11.9 Å². The fourth-order valence-electron chi connectivity index (χ4n) is 1.23. The van der Waals surface area contributed by atoms with Gasteiger partial charge in [0.1, 0.15) is 12.4 Å². The molecule has 0 aliphatic heterocycles. The van der Waals surface area contributed by atoms with Gasteiger partial charge in [0.25, 0.3) is 0 Å². The van der Waals surface area contributed by atoms with E-state index in [-0.39, 0.29) is 5.78 Å². The van der Waals surface area contributed by atoms with E-state index in [1.807, 2.05) is 19.1 Å². The Hall–Kier alpha value is -1.61. The maximum absolute atomic E-state index is 11.6. The zero-order valence-electron chi connectivity index (χ0n) is 9.75. The number of nitrogens with one attached hydrogen (secondary N) is 1. The molecule has 1 aromatic rings. The predicted molar refractivity (Wildman–Crippen MR) is 65.0 cm³/mol. The number of carbonyl (C=O) groups is 1. The van der Waals surface area contributed by atoms with Crippen molar-refractivity contribution in [1.29, 1.82) is 0 Å². The Morgan fingerprint density at radius 1 is 1.50 bits per heavy atom. The molecule has 1 N–H and O–H groups in total. The number of benzene rings is 1. The van der Waals surface area contributed by atoms with Crippen molar-refractivity contribution in [3.8, 4) is 5.75 Å². The van der Waals surface area contributed by atoms with Gasteiger partial charge in [0.05, 0.1) is 6.54 Å². The third-order valence-electron chi connectivity index (χ3n) is 1.98. The largest absolute Gasteiger partial charge is 0.489 e. The molecule has 0 spiro atoms. The van der Waals surface area contributed by atoms with Crippen LogP contribution >= 0.6 is 0 Å². The molecule has 0 atom stereocenters. The number of ketones is 1. The number of likely N-dealkylation sites (N-methyl/N-ethyl adjacent to an activating group) is 1. The lowest BCUT2D eigenvalue weighted by Gasteiger charge is -2.07. The molecule has 0 heterocycles. The van der Waals surface area contributed by atoms with Crippen LogP contribution in [0.3, 0.4) is 0 Å². The van der Waals surface area contributed by atoms with Crippen molar-refractivity contribution in [2.45, 2.75) is 6.92 Å². The monoisotopic (exact) mass is 219 g/mol. The molecule has 0 aromatic heterocycles. The van der Waals surface area contributed by atoms with Gasteiger partial charge in [-0.1, -0.05) is 18.7 Å². The highest BCUT2D eigenvalue weighted by atomic mass is 16.5. The van der Waals surface area contributed by atoms with Gasteiger partial charge in [-0.25, -0.2) is 0 Å². The molecule has 0 aliphatic carbocycles. The topological polar surface area (TPSA) is 38.3 Å². The summed E-state index contributed by atoms with van der Waals surface area (Å²) in [6, 6.07) is 7.19. The van der Waals surface area contributed by atoms with Crippen LogP contribution in [0, 0.1) is 0 Å². The highest BCUT2D eigenvalue weighted by molar-refractivity contribution is 5.97. The van der Waals surface area contributed by atoms with E-state index in [4.69, 9.17) is 4.74 Å². The van der Waals surface area contributed by atoms with E-state index in [9.17, 15) is 4.79 Å². The number of rotatable bonds is 6. The summed E-state index contributed by atoms with van der Waals surface area (Å²) in [7, 11) is 1.75. The molecule has 0 fully saturated rings. The van der Waals surface area contributed by atoms with Crippen molar-refractivity contribution >= 4 is 5.78 Å². The maximum Gasteiger partial charge on any atom is 0.176 e. The second-order valence-corrected chi connectivity index (χ2v) is 3.73. The van der Waals surface area contributed by atoms with E-state index in [1.54, 1.807) is 19.2 Å². The molecule has 0 unspecified atom stereocenters. The minimum absolute atomic E-state index is 0.0586. The predicted octanol–water partition coefficient (Wildman–Crippen LogP) is 2.04. The Labute approximate surface area is 96.1 Å². The summed E-state index contributed by atoms with van der Waals surface area (Å²) in [4.78, 5) is 11.6. The first-order valence-corrected chi connectivity index (χ1v) is 5.18. The van der Waals surface area contributed by atoms with Crippen LogP contribution in [0.2, 0.25) is 0 Å². The van der Waals surface area contributed by atoms with Crippen molar-refractivity contribution < 1.29 is 9.53 Å². The molecule has 3 nitrogen and oxygen atoms in total. The van der Waals surface area contributed by atoms with Gasteiger partial charge in [0.15, 0.2) is 5.78 Å². The molecule has 0 saturated carbocycles. The highest BCUT2D eigenvalue weighted by Crippen LogP contribution is 2.14. The lowest BCUT2D eigenvalue weighted by atomic mass is 10.1. The zero-order valence-corrected chi connectivity index (χ0v) is 9.75. The second kappa shape index (κ2) is 6.08. The van der Waals surface area contributed by atoms with Crippen LogP contribution in [0.15, 0.2) is 36.4 Å². The Bertz CT molecular complexity index is 385. The van der Waals surface area contributed by atoms with Crippen LogP contribution in [0.4, 0.5) is 0 Å². The quantitative estimate of drug-likeness (QED) is 0.588. The molecule has 0 saturated heterocycles. The number of carbonyl (C=O) groups excluding carboxylic acids is 1.